The standard InChI is InChI=1S/C12H17NO6/c14-8(15)4-3-7-13-9(16)11(18)5-1-2-6-12(11,19)10(13)17/h18-19H,1-7H2,(H,14,15). The van der Waals surface area contributed by atoms with Gasteiger partial charge in [-0.2, -0.15) is 0 Å². The first kappa shape index (κ1) is 14.0. The molecule has 2 aliphatic rings. The highest BCUT2D eigenvalue weighted by molar-refractivity contribution is 6.13. The monoisotopic (exact) mass is 271 g/mol. The van der Waals surface area contributed by atoms with Gasteiger partial charge in [-0.05, 0) is 32.1 Å². The third kappa shape index (κ3) is 1.93. The Hall–Kier alpha value is -1.47. The molecule has 0 radical (unpaired) electrons. The highest BCUT2D eigenvalue weighted by Crippen LogP contribution is 2.44. The first-order valence-corrected chi connectivity index (χ1v) is 6.36. The van der Waals surface area contributed by atoms with E-state index in [9.17, 15) is 24.6 Å². The van der Waals surface area contributed by atoms with Crippen LogP contribution in [0.1, 0.15) is 38.5 Å². The minimum absolute atomic E-state index is 0.0590. The van der Waals surface area contributed by atoms with E-state index in [0.717, 1.165) is 4.90 Å². The van der Waals surface area contributed by atoms with Crippen LogP contribution in [-0.2, 0) is 14.4 Å². The van der Waals surface area contributed by atoms with Gasteiger partial charge in [-0.15, -0.1) is 0 Å². The number of likely N-dealkylation sites (tertiary alicyclic amines) is 1. The van der Waals surface area contributed by atoms with Crippen LogP contribution in [0.15, 0.2) is 0 Å². The van der Waals surface area contributed by atoms with Crippen LogP contribution in [0.25, 0.3) is 0 Å². The topological polar surface area (TPSA) is 115 Å². The Balaban J connectivity index is 2.17. The molecule has 2 amide bonds. The Bertz CT molecular complexity index is 406. The summed E-state index contributed by atoms with van der Waals surface area (Å²) in [5, 5.41) is 29.2. The number of imide groups is 1. The fraction of sp³-hybridized carbons (Fsp3) is 0.750. The van der Waals surface area contributed by atoms with Crippen LogP contribution in [-0.4, -0.2) is 55.8 Å². The van der Waals surface area contributed by atoms with Crippen LogP contribution in [0.5, 0.6) is 0 Å². The third-order valence-electron chi connectivity index (χ3n) is 3.98. The van der Waals surface area contributed by atoms with Crippen LogP contribution >= 0.6 is 0 Å². The highest BCUT2D eigenvalue weighted by atomic mass is 16.4. The number of nitrogens with zero attached hydrogens (tertiary/aromatic N) is 1. The molecule has 2 unspecified atom stereocenters. The molecule has 0 bridgehead atoms. The van der Waals surface area contributed by atoms with Crippen molar-refractivity contribution in [1.82, 2.24) is 4.90 Å². The van der Waals surface area contributed by atoms with E-state index >= 15 is 0 Å². The highest BCUT2D eigenvalue weighted by Gasteiger charge is 2.68. The Morgan fingerprint density at radius 1 is 1.11 bits per heavy atom. The number of carbonyl (C=O) groups is 3. The molecule has 106 valence electrons. The van der Waals surface area contributed by atoms with E-state index < -0.39 is 29.0 Å². The second-order valence-electron chi connectivity index (χ2n) is 5.19. The van der Waals surface area contributed by atoms with Gasteiger partial charge in [0.1, 0.15) is 0 Å². The van der Waals surface area contributed by atoms with Gasteiger partial charge in [0, 0.05) is 13.0 Å². The Morgan fingerprint density at radius 3 is 2.00 bits per heavy atom. The predicted octanol–water partition coefficient (Wildman–Crippen LogP) is -0.744. The lowest BCUT2D eigenvalue weighted by Gasteiger charge is -2.36. The second-order valence-corrected chi connectivity index (χ2v) is 5.19. The molecule has 1 heterocycles. The fourth-order valence-electron chi connectivity index (χ4n) is 2.87. The quantitative estimate of drug-likeness (QED) is 0.580. The zero-order chi connectivity index (χ0) is 14.3. The van der Waals surface area contributed by atoms with Crippen molar-refractivity contribution in [3.05, 3.63) is 0 Å². The van der Waals surface area contributed by atoms with Crippen LogP contribution in [0.3, 0.4) is 0 Å². The molecule has 1 aliphatic heterocycles. The number of amides is 2. The summed E-state index contributed by atoms with van der Waals surface area (Å²) in [5.74, 6) is -2.62. The Labute approximate surface area is 109 Å². The molecule has 1 saturated heterocycles. The summed E-state index contributed by atoms with van der Waals surface area (Å²) in [7, 11) is 0. The maximum Gasteiger partial charge on any atom is 0.303 e. The first-order chi connectivity index (χ1) is 8.83. The van der Waals surface area contributed by atoms with Gasteiger partial charge in [0.25, 0.3) is 11.8 Å². The van der Waals surface area contributed by atoms with Crippen molar-refractivity contribution in [3.8, 4) is 0 Å². The predicted molar refractivity (Wildman–Crippen MR) is 62.0 cm³/mol. The van der Waals surface area contributed by atoms with E-state index in [2.05, 4.69) is 0 Å². The number of hydrogen-bond donors (Lipinski definition) is 3. The third-order valence-corrected chi connectivity index (χ3v) is 3.98. The molecular formula is C12H17NO6. The van der Waals surface area contributed by atoms with Crippen molar-refractivity contribution in [1.29, 1.82) is 0 Å². The molecule has 1 saturated carbocycles. The van der Waals surface area contributed by atoms with Crippen molar-refractivity contribution in [2.75, 3.05) is 6.54 Å². The Morgan fingerprint density at radius 2 is 1.58 bits per heavy atom. The largest absolute Gasteiger partial charge is 0.481 e. The van der Waals surface area contributed by atoms with Gasteiger partial charge in [0.05, 0.1) is 0 Å². The van der Waals surface area contributed by atoms with Gasteiger partial charge in [-0.1, -0.05) is 0 Å². The van der Waals surface area contributed by atoms with Gasteiger partial charge < -0.3 is 15.3 Å². The van der Waals surface area contributed by atoms with E-state index in [-0.39, 0.29) is 32.2 Å². The molecule has 19 heavy (non-hydrogen) atoms. The molecule has 7 nitrogen and oxygen atoms in total. The molecule has 2 fully saturated rings. The van der Waals surface area contributed by atoms with Crippen LogP contribution in [0, 0.1) is 0 Å². The number of hydrogen-bond acceptors (Lipinski definition) is 5. The lowest BCUT2D eigenvalue weighted by molar-refractivity contribution is -0.176. The van der Waals surface area contributed by atoms with Gasteiger partial charge in [-0.25, -0.2) is 0 Å². The molecule has 1 aliphatic carbocycles. The molecule has 0 aromatic heterocycles. The smallest absolute Gasteiger partial charge is 0.303 e. The number of aliphatic hydroxyl groups is 2. The minimum Gasteiger partial charge on any atom is -0.481 e. The van der Waals surface area contributed by atoms with Gasteiger partial charge in [0.15, 0.2) is 11.2 Å². The SMILES string of the molecule is O=C(O)CCCN1C(=O)C2(O)CCCCC2(O)C1=O. The number of fused-ring (bicyclic) bond motifs is 1. The van der Waals surface area contributed by atoms with Gasteiger partial charge in [-0.3, -0.25) is 19.3 Å². The summed E-state index contributed by atoms with van der Waals surface area (Å²) in [6.45, 7) is -0.0887. The van der Waals surface area contributed by atoms with Crippen LogP contribution in [0.2, 0.25) is 0 Å². The Kier molecular flexibility index (Phi) is 3.36. The minimum atomic E-state index is -2.04. The molecule has 0 aromatic carbocycles. The summed E-state index contributed by atoms with van der Waals surface area (Å²) >= 11 is 0. The molecule has 0 aromatic rings. The number of carbonyl (C=O) groups excluding carboxylic acids is 2. The molecule has 0 spiro atoms. The first-order valence-electron chi connectivity index (χ1n) is 6.36. The van der Waals surface area contributed by atoms with Crippen molar-refractivity contribution < 1.29 is 29.7 Å². The van der Waals surface area contributed by atoms with Crippen molar-refractivity contribution in [2.45, 2.75) is 49.7 Å². The van der Waals surface area contributed by atoms with Crippen LogP contribution < -0.4 is 0 Å². The van der Waals surface area contributed by atoms with Crippen molar-refractivity contribution in [2.24, 2.45) is 0 Å². The lowest BCUT2D eigenvalue weighted by atomic mass is 9.73. The summed E-state index contributed by atoms with van der Waals surface area (Å²) < 4.78 is 0. The van der Waals surface area contributed by atoms with E-state index in [1.165, 1.54) is 0 Å². The molecule has 2 rings (SSSR count). The second kappa shape index (κ2) is 4.57. The van der Waals surface area contributed by atoms with Crippen molar-refractivity contribution >= 4 is 17.8 Å². The van der Waals surface area contributed by atoms with E-state index in [4.69, 9.17) is 5.11 Å². The van der Waals surface area contributed by atoms with Crippen LogP contribution in [0.4, 0.5) is 0 Å². The molecule has 3 N–H and O–H groups in total. The molecule has 7 heteroatoms. The average Bonchev–Trinajstić information content (AvgIpc) is 2.49. The van der Waals surface area contributed by atoms with E-state index in [0.29, 0.717) is 12.8 Å². The van der Waals surface area contributed by atoms with E-state index in [1.54, 1.807) is 0 Å². The summed E-state index contributed by atoms with van der Waals surface area (Å²) in [4.78, 5) is 35.4. The number of carboxylic acids is 1. The number of carboxylic acid groups (broad SMARTS) is 1. The lowest BCUT2D eigenvalue weighted by Crippen LogP contribution is -2.58. The number of rotatable bonds is 4. The van der Waals surface area contributed by atoms with Gasteiger partial charge in [0.2, 0.25) is 0 Å². The normalized spacial score (nSPS) is 34.5. The summed E-state index contributed by atoms with van der Waals surface area (Å²) in [5.41, 5.74) is -4.07. The zero-order valence-corrected chi connectivity index (χ0v) is 10.5. The maximum atomic E-state index is 12.1. The fourth-order valence-corrected chi connectivity index (χ4v) is 2.87. The number of aliphatic carboxylic acids is 1. The molecule has 2 atom stereocenters. The zero-order valence-electron chi connectivity index (χ0n) is 10.5. The van der Waals surface area contributed by atoms with E-state index in [1.807, 2.05) is 0 Å². The summed E-state index contributed by atoms with van der Waals surface area (Å²) in [6, 6.07) is 0. The van der Waals surface area contributed by atoms with Crippen molar-refractivity contribution in [3.63, 3.8) is 0 Å². The van der Waals surface area contributed by atoms with Gasteiger partial charge >= 0.3 is 5.97 Å². The molecular weight excluding hydrogens is 254 g/mol. The average molecular weight is 271 g/mol. The maximum absolute atomic E-state index is 12.1. The summed E-state index contributed by atoms with van der Waals surface area (Å²) in [6.07, 6.45) is 1.20.